The Bertz CT molecular complexity index is 524. The predicted octanol–water partition coefficient (Wildman–Crippen LogP) is 5.13. The number of benzene rings is 1. The summed E-state index contributed by atoms with van der Waals surface area (Å²) in [5.74, 6) is -0.231. The minimum Gasteiger partial charge on any atom is -0.377 e. The van der Waals surface area contributed by atoms with Crippen molar-refractivity contribution in [1.82, 2.24) is 0 Å². The quantitative estimate of drug-likeness (QED) is 0.828. The molecule has 1 aromatic heterocycles. The average Bonchev–Trinajstić information content (AvgIpc) is 2.70. The molecular formula is C13H13BrFNS. The van der Waals surface area contributed by atoms with Crippen molar-refractivity contribution in [1.29, 1.82) is 0 Å². The Kier molecular flexibility index (Phi) is 3.84. The largest absolute Gasteiger partial charge is 0.377 e. The first-order valence-electron chi connectivity index (χ1n) is 5.33. The van der Waals surface area contributed by atoms with E-state index in [-0.39, 0.29) is 11.9 Å². The van der Waals surface area contributed by atoms with Gasteiger partial charge in [0.2, 0.25) is 0 Å². The Morgan fingerprint density at radius 1 is 1.35 bits per heavy atom. The molecular weight excluding hydrogens is 301 g/mol. The molecule has 1 N–H and O–H groups in total. The van der Waals surface area contributed by atoms with E-state index in [1.807, 2.05) is 0 Å². The average molecular weight is 314 g/mol. The number of thiophene rings is 1. The normalized spacial score (nSPS) is 12.5. The van der Waals surface area contributed by atoms with Gasteiger partial charge in [-0.2, -0.15) is 0 Å². The lowest BCUT2D eigenvalue weighted by molar-refractivity contribution is 0.627. The Balaban J connectivity index is 2.21. The molecule has 1 aromatic carbocycles. The van der Waals surface area contributed by atoms with Crippen molar-refractivity contribution in [2.45, 2.75) is 19.9 Å². The maximum atomic E-state index is 13.2. The molecule has 1 heterocycles. The summed E-state index contributed by atoms with van der Waals surface area (Å²) in [5, 5.41) is 5.39. The van der Waals surface area contributed by atoms with Crippen LogP contribution in [0.25, 0.3) is 0 Å². The third-order valence-electron chi connectivity index (χ3n) is 2.60. The first kappa shape index (κ1) is 12.6. The van der Waals surface area contributed by atoms with E-state index in [2.05, 4.69) is 46.5 Å². The van der Waals surface area contributed by atoms with Gasteiger partial charge in [-0.05, 0) is 65.0 Å². The van der Waals surface area contributed by atoms with Crippen molar-refractivity contribution >= 4 is 33.0 Å². The second kappa shape index (κ2) is 5.19. The first-order chi connectivity index (χ1) is 8.08. The van der Waals surface area contributed by atoms with Crippen molar-refractivity contribution in [2.75, 3.05) is 5.32 Å². The van der Waals surface area contributed by atoms with Crippen LogP contribution < -0.4 is 5.32 Å². The fourth-order valence-electron chi connectivity index (χ4n) is 1.73. The van der Waals surface area contributed by atoms with Crippen molar-refractivity contribution in [3.63, 3.8) is 0 Å². The molecule has 0 fully saturated rings. The molecule has 0 aliphatic carbocycles. The van der Waals surface area contributed by atoms with E-state index in [4.69, 9.17) is 0 Å². The monoisotopic (exact) mass is 313 g/mol. The first-order valence-corrected chi connectivity index (χ1v) is 7.01. The Morgan fingerprint density at radius 2 is 2.12 bits per heavy atom. The molecule has 17 heavy (non-hydrogen) atoms. The van der Waals surface area contributed by atoms with E-state index < -0.39 is 0 Å². The topological polar surface area (TPSA) is 12.0 Å². The Morgan fingerprint density at radius 3 is 2.76 bits per heavy atom. The Hall–Kier alpha value is -0.870. The number of hydrogen-bond acceptors (Lipinski definition) is 2. The van der Waals surface area contributed by atoms with Crippen LogP contribution in [0.15, 0.2) is 34.1 Å². The van der Waals surface area contributed by atoms with Crippen molar-refractivity contribution in [3.8, 4) is 0 Å². The molecule has 0 saturated heterocycles. The highest BCUT2D eigenvalue weighted by Gasteiger charge is 2.11. The van der Waals surface area contributed by atoms with Crippen molar-refractivity contribution in [3.05, 3.63) is 50.4 Å². The molecule has 1 nitrogen and oxygen atoms in total. The van der Waals surface area contributed by atoms with E-state index in [0.717, 1.165) is 10.2 Å². The minimum absolute atomic E-state index is 0.174. The molecule has 0 radical (unpaired) electrons. The van der Waals surface area contributed by atoms with Gasteiger partial charge in [0.15, 0.2) is 0 Å². The second-order valence-electron chi connectivity index (χ2n) is 3.96. The number of anilines is 1. The SMILES string of the molecule is Cc1ccsc1C(C)Nc1cc(F)ccc1Br. The number of halogens is 2. The van der Waals surface area contributed by atoms with Crippen LogP contribution in [0, 0.1) is 12.7 Å². The lowest BCUT2D eigenvalue weighted by Crippen LogP contribution is -2.06. The van der Waals surface area contributed by atoms with Gasteiger partial charge in [-0.15, -0.1) is 11.3 Å². The van der Waals surface area contributed by atoms with E-state index in [1.165, 1.54) is 22.6 Å². The molecule has 0 aliphatic rings. The summed E-state index contributed by atoms with van der Waals surface area (Å²) in [6.45, 7) is 4.17. The maximum absolute atomic E-state index is 13.2. The van der Waals surface area contributed by atoms with Crippen LogP contribution in [-0.4, -0.2) is 0 Å². The van der Waals surface area contributed by atoms with Gasteiger partial charge in [0.05, 0.1) is 11.7 Å². The van der Waals surface area contributed by atoms with Crippen LogP contribution in [0.4, 0.5) is 10.1 Å². The molecule has 1 atom stereocenters. The van der Waals surface area contributed by atoms with Crippen LogP contribution in [-0.2, 0) is 0 Å². The number of hydrogen-bond donors (Lipinski definition) is 1. The minimum atomic E-state index is -0.231. The van der Waals surface area contributed by atoms with Crippen LogP contribution in [0.1, 0.15) is 23.4 Å². The summed E-state index contributed by atoms with van der Waals surface area (Å²) in [5.41, 5.74) is 2.05. The number of aryl methyl sites for hydroxylation is 1. The molecule has 0 bridgehead atoms. The van der Waals surface area contributed by atoms with Crippen LogP contribution >= 0.6 is 27.3 Å². The van der Waals surface area contributed by atoms with Gasteiger partial charge in [0.1, 0.15) is 5.82 Å². The van der Waals surface area contributed by atoms with E-state index in [9.17, 15) is 4.39 Å². The molecule has 90 valence electrons. The highest BCUT2D eigenvalue weighted by atomic mass is 79.9. The van der Waals surface area contributed by atoms with Crippen molar-refractivity contribution < 1.29 is 4.39 Å². The fourth-order valence-corrected chi connectivity index (χ4v) is 3.03. The molecule has 0 amide bonds. The second-order valence-corrected chi connectivity index (χ2v) is 5.76. The van der Waals surface area contributed by atoms with Gasteiger partial charge >= 0.3 is 0 Å². The van der Waals surface area contributed by atoms with Crippen LogP contribution in [0.5, 0.6) is 0 Å². The summed E-state index contributed by atoms with van der Waals surface area (Å²) in [4.78, 5) is 1.28. The summed E-state index contributed by atoms with van der Waals surface area (Å²) >= 11 is 5.13. The van der Waals surface area contributed by atoms with E-state index in [0.29, 0.717) is 0 Å². The summed E-state index contributed by atoms with van der Waals surface area (Å²) < 4.78 is 14.0. The van der Waals surface area contributed by atoms with Crippen molar-refractivity contribution in [2.24, 2.45) is 0 Å². The van der Waals surface area contributed by atoms with Gasteiger partial charge in [0, 0.05) is 9.35 Å². The molecule has 2 rings (SSSR count). The number of nitrogens with one attached hydrogen (secondary N) is 1. The zero-order valence-electron chi connectivity index (χ0n) is 9.63. The molecule has 2 aromatic rings. The number of rotatable bonds is 3. The van der Waals surface area contributed by atoms with Gasteiger partial charge < -0.3 is 5.32 Å². The zero-order chi connectivity index (χ0) is 12.4. The maximum Gasteiger partial charge on any atom is 0.125 e. The van der Waals surface area contributed by atoms with E-state index in [1.54, 1.807) is 17.4 Å². The van der Waals surface area contributed by atoms with Gasteiger partial charge in [0.25, 0.3) is 0 Å². The third kappa shape index (κ3) is 2.87. The van der Waals surface area contributed by atoms with Crippen LogP contribution in [0.3, 0.4) is 0 Å². The third-order valence-corrected chi connectivity index (χ3v) is 4.49. The molecule has 4 heteroatoms. The van der Waals surface area contributed by atoms with E-state index >= 15 is 0 Å². The summed E-state index contributed by atoms with van der Waals surface area (Å²) in [6, 6.07) is 6.93. The summed E-state index contributed by atoms with van der Waals surface area (Å²) in [7, 11) is 0. The standard InChI is InChI=1S/C13H13BrFNS/c1-8-5-6-17-13(8)9(2)16-12-7-10(15)3-4-11(12)14/h3-7,9,16H,1-2H3. The summed E-state index contributed by atoms with van der Waals surface area (Å²) in [6.07, 6.45) is 0. The molecule has 1 unspecified atom stereocenters. The van der Waals surface area contributed by atoms with Gasteiger partial charge in [-0.1, -0.05) is 0 Å². The molecule has 0 saturated carbocycles. The van der Waals surface area contributed by atoms with Crippen LogP contribution in [0.2, 0.25) is 0 Å². The molecule has 0 spiro atoms. The fraction of sp³-hybridized carbons (Fsp3) is 0.231. The Labute approximate surface area is 113 Å². The van der Waals surface area contributed by atoms with Gasteiger partial charge in [-0.25, -0.2) is 4.39 Å². The predicted molar refractivity (Wildman–Crippen MR) is 75.2 cm³/mol. The lowest BCUT2D eigenvalue weighted by Gasteiger charge is -2.16. The lowest BCUT2D eigenvalue weighted by atomic mass is 10.2. The van der Waals surface area contributed by atoms with Gasteiger partial charge in [-0.3, -0.25) is 0 Å². The highest BCUT2D eigenvalue weighted by molar-refractivity contribution is 9.10. The molecule has 0 aliphatic heterocycles. The zero-order valence-corrected chi connectivity index (χ0v) is 12.0. The smallest absolute Gasteiger partial charge is 0.125 e. The highest BCUT2D eigenvalue weighted by Crippen LogP contribution is 2.30.